The molecule has 332 valence electrons. The van der Waals surface area contributed by atoms with Gasteiger partial charge in [-0.1, -0.05) is 206 Å². The number of benzene rings is 12. The summed E-state index contributed by atoms with van der Waals surface area (Å²) in [6, 6.07) is 103. The van der Waals surface area contributed by atoms with Crippen LogP contribution in [0.15, 0.2) is 279 Å². The van der Waals surface area contributed by atoms with E-state index in [9.17, 15) is 0 Å². The fourth-order valence-electron chi connectivity index (χ4n) is 11.8. The van der Waals surface area contributed by atoms with Gasteiger partial charge in [-0.15, -0.1) is 0 Å². The molecule has 12 aromatic rings. The van der Waals surface area contributed by atoms with E-state index in [0.29, 0.717) is 0 Å². The summed E-state index contributed by atoms with van der Waals surface area (Å²) < 4.78 is 0. The number of nitrogens with zero attached hydrogens (tertiary/aromatic N) is 2. The Bertz CT molecular complexity index is 3840. The number of para-hydroxylation sites is 3. The van der Waals surface area contributed by atoms with Crippen molar-refractivity contribution in [2.75, 3.05) is 9.80 Å². The fourth-order valence-corrected chi connectivity index (χ4v) is 11.8. The lowest BCUT2D eigenvalue weighted by molar-refractivity contribution is 0.753. The van der Waals surface area contributed by atoms with Crippen LogP contribution in [0.3, 0.4) is 0 Å². The van der Waals surface area contributed by atoms with Crippen LogP contribution >= 0.6 is 0 Å². The standard InChI is InChI=1S/C69H46N2/c1-4-16-47(17-5-1)49-30-36-56(37-31-49)70(57-38-32-50(33-39-57)48-18-6-2-7-19-48)58-40-42-60-54(45-58)29-28-53-44-51(34-41-59(53)60)52-35-43-64-62(46-52)61-22-10-11-23-63(61)69(64)65-24-12-14-26-67(65)71(55-20-8-3-9-21-55)68-27-15-13-25-66(68)69/h1-46H. The van der Waals surface area contributed by atoms with Gasteiger partial charge in [0.1, 0.15) is 0 Å². The molecule has 2 aliphatic rings. The minimum Gasteiger partial charge on any atom is -0.310 e. The van der Waals surface area contributed by atoms with Crippen molar-refractivity contribution in [1.82, 2.24) is 0 Å². The van der Waals surface area contributed by atoms with Crippen molar-refractivity contribution in [3.63, 3.8) is 0 Å². The first-order chi connectivity index (χ1) is 35.2. The molecule has 0 amide bonds. The SMILES string of the molecule is c1ccc(-c2ccc(N(c3ccc(-c4ccccc4)cc3)c3ccc4c(ccc5cc(-c6ccc7c(c6)-c6ccccc6C76c7ccccc7N(c7ccccc7)c7ccccc76)ccc54)c3)cc2)cc1. The average Bonchev–Trinajstić information content (AvgIpc) is 3.74. The lowest BCUT2D eigenvalue weighted by atomic mass is 9.64. The van der Waals surface area contributed by atoms with Crippen LogP contribution in [0.2, 0.25) is 0 Å². The molecule has 14 rings (SSSR count). The highest BCUT2D eigenvalue weighted by atomic mass is 15.2. The molecule has 1 heterocycles. The third-order valence-corrected chi connectivity index (χ3v) is 15.0. The minimum absolute atomic E-state index is 0.475. The fraction of sp³-hybridized carbons (Fsp3) is 0.0145. The monoisotopic (exact) mass is 902 g/mol. The summed E-state index contributed by atoms with van der Waals surface area (Å²) in [6.45, 7) is 0. The van der Waals surface area contributed by atoms with Crippen molar-refractivity contribution in [3.8, 4) is 44.5 Å². The molecule has 0 aromatic heterocycles. The van der Waals surface area contributed by atoms with Gasteiger partial charge in [-0.05, 0) is 161 Å². The van der Waals surface area contributed by atoms with E-state index in [4.69, 9.17) is 0 Å². The van der Waals surface area contributed by atoms with Gasteiger partial charge in [0.2, 0.25) is 0 Å². The molecule has 0 bridgehead atoms. The van der Waals surface area contributed by atoms with E-state index in [0.717, 1.165) is 22.7 Å². The molecular formula is C69H46N2. The molecule has 0 N–H and O–H groups in total. The minimum atomic E-state index is -0.475. The quantitative estimate of drug-likeness (QED) is 0.147. The summed E-state index contributed by atoms with van der Waals surface area (Å²) in [4.78, 5) is 4.81. The molecular weight excluding hydrogens is 857 g/mol. The highest BCUT2D eigenvalue weighted by Crippen LogP contribution is 2.63. The van der Waals surface area contributed by atoms with E-state index in [1.807, 2.05) is 0 Å². The van der Waals surface area contributed by atoms with Crippen molar-refractivity contribution >= 4 is 55.7 Å². The third-order valence-electron chi connectivity index (χ3n) is 15.0. The molecule has 0 saturated carbocycles. The molecule has 1 aliphatic carbocycles. The molecule has 12 aromatic carbocycles. The molecule has 1 spiro atoms. The second kappa shape index (κ2) is 16.5. The Labute approximate surface area is 414 Å². The summed E-state index contributed by atoms with van der Waals surface area (Å²) in [5.74, 6) is 0. The van der Waals surface area contributed by atoms with Gasteiger partial charge in [-0.2, -0.15) is 0 Å². The molecule has 71 heavy (non-hydrogen) atoms. The molecule has 0 atom stereocenters. The predicted octanol–water partition coefficient (Wildman–Crippen LogP) is 18.6. The van der Waals surface area contributed by atoms with Crippen LogP contribution in [0.1, 0.15) is 22.3 Å². The van der Waals surface area contributed by atoms with Gasteiger partial charge in [-0.25, -0.2) is 0 Å². The van der Waals surface area contributed by atoms with Gasteiger partial charge in [0.25, 0.3) is 0 Å². The number of hydrogen-bond donors (Lipinski definition) is 0. The maximum Gasteiger partial charge on any atom is 0.0754 e. The number of anilines is 6. The van der Waals surface area contributed by atoms with Crippen LogP contribution in [0.25, 0.3) is 66.1 Å². The van der Waals surface area contributed by atoms with Gasteiger partial charge in [0.05, 0.1) is 16.8 Å². The average molecular weight is 903 g/mol. The Balaban J connectivity index is 0.850. The van der Waals surface area contributed by atoms with Gasteiger partial charge in [0.15, 0.2) is 0 Å². The Morgan fingerprint density at radius 2 is 0.690 bits per heavy atom. The normalized spacial score (nSPS) is 12.9. The van der Waals surface area contributed by atoms with Crippen molar-refractivity contribution in [1.29, 1.82) is 0 Å². The number of rotatable bonds is 7. The van der Waals surface area contributed by atoms with E-state index >= 15 is 0 Å². The van der Waals surface area contributed by atoms with Gasteiger partial charge < -0.3 is 9.80 Å². The van der Waals surface area contributed by atoms with Crippen LogP contribution in [-0.2, 0) is 5.41 Å². The van der Waals surface area contributed by atoms with Gasteiger partial charge >= 0.3 is 0 Å². The molecule has 2 nitrogen and oxygen atoms in total. The maximum absolute atomic E-state index is 2.44. The smallest absolute Gasteiger partial charge is 0.0754 e. The predicted molar refractivity (Wildman–Crippen MR) is 298 cm³/mol. The highest BCUT2D eigenvalue weighted by Gasteiger charge is 2.51. The van der Waals surface area contributed by atoms with Crippen LogP contribution in [-0.4, -0.2) is 0 Å². The van der Waals surface area contributed by atoms with Gasteiger partial charge in [-0.3, -0.25) is 0 Å². The zero-order chi connectivity index (χ0) is 46.9. The second-order valence-electron chi connectivity index (χ2n) is 18.8. The van der Waals surface area contributed by atoms with E-state index < -0.39 is 5.41 Å². The van der Waals surface area contributed by atoms with Crippen molar-refractivity contribution in [2.45, 2.75) is 5.41 Å². The van der Waals surface area contributed by atoms with Crippen LogP contribution in [0.5, 0.6) is 0 Å². The Morgan fingerprint density at radius 1 is 0.268 bits per heavy atom. The molecule has 0 radical (unpaired) electrons. The third kappa shape index (κ3) is 6.49. The van der Waals surface area contributed by atoms with Crippen molar-refractivity contribution in [2.24, 2.45) is 0 Å². The highest BCUT2D eigenvalue weighted by molar-refractivity contribution is 6.10. The summed E-state index contributed by atoms with van der Waals surface area (Å²) in [7, 11) is 0. The number of fused-ring (bicyclic) bond motifs is 12. The summed E-state index contributed by atoms with van der Waals surface area (Å²) in [5, 5.41) is 4.90. The summed E-state index contributed by atoms with van der Waals surface area (Å²) >= 11 is 0. The van der Waals surface area contributed by atoms with Gasteiger partial charge in [0, 0.05) is 22.7 Å². The van der Waals surface area contributed by atoms with E-state index in [-0.39, 0.29) is 0 Å². The number of hydrogen-bond acceptors (Lipinski definition) is 2. The Kier molecular flexibility index (Phi) is 9.47. The van der Waals surface area contributed by atoms with Crippen LogP contribution in [0.4, 0.5) is 34.1 Å². The zero-order valence-electron chi connectivity index (χ0n) is 39.0. The largest absolute Gasteiger partial charge is 0.310 e. The van der Waals surface area contributed by atoms with E-state index in [1.54, 1.807) is 0 Å². The van der Waals surface area contributed by atoms with Crippen molar-refractivity contribution in [3.05, 3.63) is 301 Å². The zero-order valence-corrected chi connectivity index (χ0v) is 39.0. The van der Waals surface area contributed by atoms with Crippen molar-refractivity contribution < 1.29 is 0 Å². The first-order valence-corrected chi connectivity index (χ1v) is 24.6. The first kappa shape index (κ1) is 40.8. The van der Waals surface area contributed by atoms with Crippen LogP contribution in [0, 0.1) is 0 Å². The summed E-state index contributed by atoms with van der Waals surface area (Å²) in [5.41, 5.74) is 21.5. The summed E-state index contributed by atoms with van der Waals surface area (Å²) in [6.07, 6.45) is 0. The first-order valence-electron chi connectivity index (χ1n) is 24.6. The Hall–Kier alpha value is -9.24. The molecule has 1 aliphatic heterocycles. The maximum atomic E-state index is 2.44. The lowest BCUT2D eigenvalue weighted by Gasteiger charge is -2.45. The van der Waals surface area contributed by atoms with E-state index in [1.165, 1.54) is 99.7 Å². The molecule has 2 heteroatoms. The molecule has 0 fully saturated rings. The Morgan fingerprint density at radius 3 is 1.30 bits per heavy atom. The molecule has 0 unspecified atom stereocenters. The molecule has 0 saturated heterocycles. The van der Waals surface area contributed by atoms with Crippen LogP contribution < -0.4 is 9.80 Å². The van der Waals surface area contributed by atoms with E-state index in [2.05, 4.69) is 289 Å². The topological polar surface area (TPSA) is 6.48 Å². The lowest BCUT2D eigenvalue weighted by Crippen LogP contribution is -2.36. The second-order valence-corrected chi connectivity index (χ2v) is 18.8.